The van der Waals surface area contributed by atoms with Crippen LogP contribution < -0.4 is 9.64 Å². The van der Waals surface area contributed by atoms with Gasteiger partial charge in [-0.25, -0.2) is 4.39 Å². The van der Waals surface area contributed by atoms with Gasteiger partial charge in [-0.15, -0.1) is 0 Å². The highest BCUT2D eigenvalue weighted by Gasteiger charge is 2.71. The van der Waals surface area contributed by atoms with Crippen molar-refractivity contribution < 1.29 is 23.5 Å². The summed E-state index contributed by atoms with van der Waals surface area (Å²) in [5.74, 6) is -1.25. The summed E-state index contributed by atoms with van der Waals surface area (Å²) in [6, 6.07) is 16.9. The van der Waals surface area contributed by atoms with Crippen LogP contribution in [-0.4, -0.2) is 36.5 Å². The van der Waals surface area contributed by atoms with Crippen LogP contribution in [0.3, 0.4) is 0 Å². The minimum Gasteiger partial charge on any atom is -0.497 e. The number of hydrogen-bond acceptors (Lipinski definition) is 5. The van der Waals surface area contributed by atoms with Crippen molar-refractivity contribution in [2.45, 2.75) is 24.9 Å². The number of anilines is 1. The van der Waals surface area contributed by atoms with E-state index in [4.69, 9.17) is 4.74 Å². The number of ketones is 3. The summed E-state index contributed by atoms with van der Waals surface area (Å²) in [7, 11) is 1.56. The number of rotatable bonds is 3. The highest BCUT2D eigenvalue weighted by Crippen LogP contribution is 2.60. The van der Waals surface area contributed by atoms with Gasteiger partial charge in [0.25, 0.3) is 0 Å². The first kappa shape index (κ1) is 21.5. The predicted octanol–water partition coefficient (Wildman–Crippen LogP) is 4.86. The van der Waals surface area contributed by atoms with Crippen molar-refractivity contribution in [3.63, 3.8) is 0 Å². The molecule has 0 N–H and O–H groups in total. The Balaban J connectivity index is 1.66. The fourth-order valence-corrected chi connectivity index (χ4v) is 6.29. The number of methoxy groups -OCH3 is 1. The molecule has 174 valence electrons. The van der Waals surface area contributed by atoms with Gasteiger partial charge in [0, 0.05) is 28.3 Å². The Hall–Kier alpha value is -4.06. The van der Waals surface area contributed by atoms with Crippen LogP contribution >= 0.6 is 0 Å². The zero-order valence-electron chi connectivity index (χ0n) is 19.2. The van der Waals surface area contributed by atoms with E-state index in [0.29, 0.717) is 33.7 Å². The maximum atomic E-state index is 14.2. The molecule has 6 rings (SSSR count). The summed E-state index contributed by atoms with van der Waals surface area (Å²) in [5, 5.41) is 0. The molecule has 1 saturated heterocycles. The SMILES string of the molecule is COc1ccc([C@H]2[C@H](C(C)=O)N3c4ccc(F)cc4C=CC3C23C(=O)c2ccccc2C3=O)cc1. The molecule has 0 aromatic heterocycles. The molecular weight excluding hydrogens is 445 g/mol. The van der Waals surface area contributed by atoms with Gasteiger partial charge in [-0.3, -0.25) is 14.4 Å². The van der Waals surface area contributed by atoms with Crippen LogP contribution in [-0.2, 0) is 4.79 Å². The molecule has 3 aromatic carbocycles. The quantitative estimate of drug-likeness (QED) is 0.515. The molecule has 1 unspecified atom stereocenters. The smallest absolute Gasteiger partial charge is 0.180 e. The van der Waals surface area contributed by atoms with Crippen LogP contribution in [0.5, 0.6) is 5.75 Å². The van der Waals surface area contributed by atoms with E-state index in [1.165, 1.54) is 19.1 Å². The van der Waals surface area contributed by atoms with Crippen molar-refractivity contribution in [1.82, 2.24) is 0 Å². The first-order valence-corrected chi connectivity index (χ1v) is 11.5. The maximum Gasteiger partial charge on any atom is 0.180 e. The molecule has 0 radical (unpaired) electrons. The summed E-state index contributed by atoms with van der Waals surface area (Å²) >= 11 is 0. The fraction of sp³-hybridized carbons (Fsp3) is 0.207. The first-order valence-electron chi connectivity index (χ1n) is 11.5. The van der Waals surface area contributed by atoms with Crippen LogP contribution in [0.4, 0.5) is 10.1 Å². The highest BCUT2D eigenvalue weighted by molar-refractivity contribution is 6.32. The van der Waals surface area contributed by atoms with Gasteiger partial charge in [-0.05, 0) is 42.8 Å². The van der Waals surface area contributed by atoms with Gasteiger partial charge in [0.1, 0.15) is 17.0 Å². The fourth-order valence-electron chi connectivity index (χ4n) is 6.29. The van der Waals surface area contributed by atoms with Gasteiger partial charge in [-0.2, -0.15) is 0 Å². The lowest BCUT2D eigenvalue weighted by Gasteiger charge is -2.37. The molecule has 1 spiro atoms. The third kappa shape index (κ3) is 2.71. The van der Waals surface area contributed by atoms with Crippen LogP contribution in [0.15, 0.2) is 72.8 Å². The average Bonchev–Trinajstić information content (AvgIpc) is 3.30. The lowest BCUT2D eigenvalue weighted by Crippen LogP contribution is -2.48. The topological polar surface area (TPSA) is 63.7 Å². The second-order valence-corrected chi connectivity index (χ2v) is 9.29. The minimum atomic E-state index is -1.53. The lowest BCUT2D eigenvalue weighted by molar-refractivity contribution is -0.118. The number of carbonyl (C=O) groups excluding carboxylic acids is 3. The number of Topliss-reactive ketones (excluding diaryl/α,β-unsaturated/α-hetero) is 3. The third-order valence-corrected chi connectivity index (χ3v) is 7.66. The number of fused-ring (bicyclic) bond motifs is 5. The molecule has 1 aliphatic carbocycles. The monoisotopic (exact) mass is 467 g/mol. The van der Waals surface area contributed by atoms with Crippen molar-refractivity contribution >= 4 is 29.1 Å². The first-order chi connectivity index (χ1) is 16.9. The van der Waals surface area contributed by atoms with Crippen LogP contribution in [0.25, 0.3) is 6.08 Å². The molecule has 3 aromatic rings. The number of ether oxygens (including phenoxy) is 1. The molecule has 1 fully saturated rings. The van der Waals surface area contributed by atoms with Crippen LogP contribution in [0, 0.1) is 11.2 Å². The van der Waals surface area contributed by atoms with E-state index in [-0.39, 0.29) is 17.3 Å². The number of benzene rings is 3. The summed E-state index contributed by atoms with van der Waals surface area (Å²) in [4.78, 5) is 43.7. The van der Waals surface area contributed by atoms with E-state index in [1.54, 1.807) is 61.7 Å². The van der Waals surface area contributed by atoms with Gasteiger partial charge in [0.15, 0.2) is 17.3 Å². The summed E-state index contributed by atoms with van der Waals surface area (Å²) in [6.07, 6.45) is 3.53. The Bertz CT molecular complexity index is 1410. The van der Waals surface area contributed by atoms with E-state index in [9.17, 15) is 18.8 Å². The van der Waals surface area contributed by atoms with Crippen LogP contribution in [0.1, 0.15) is 44.7 Å². The molecule has 6 heteroatoms. The van der Waals surface area contributed by atoms with Crippen molar-refractivity contribution in [1.29, 1.82) is 0 Å². The Morgan fingerprint density at radius 1 is 0.971 bits per heavy atom. The lowest BCUT2D eigenvalue weighted by atomic mass is 9.64. The van der Waals surface area contributed by atoms with Crippen molar-refractivity contribution in [3.05, 3.63) is 101 Å². The standard InChI is InChI=1S/C29H22FNO4/c1-16(32)26-25(17-7-11-20(35-2)12-8-17)29(27(33)21-5-3-4-6-22(21)28(29)34)24-14-9-18-15-19(30)10-13-23(18)31(24)26/h3-15,24-26H,1-2H3/t24?,25-,26-/m0/s1. The molecule has 0 bridgehead atoms. The Morgan fingerprint density at radius 2 is 1.63 bits per heavy atom. The average molecular weight is 467 g/mol. The second kappa shape index (κ2) is 7.47. The van der Waals surface area contributed by atoms with E-state index in [0.717, 1.165) is 0 Å². The van der Waals surface area contributed by atoms with E-state index in [1.807, 2.05) is 17.0 Å². The third-order valence-electron chi connectivity index (χ3n) is 7.66. The largest absolute Gasteiger partial charge is 0.497 e. The van der Waals surface area contributed by atoms with Gasteiger partial charge in [0.2, 0.25) is 0 Å². The van der Waals surface area contributed by atoms with Gasteiger partial charge < -0.3 is 9.64 Å². The second-order valence-electron chi connectivity index (χ2n) is 9.29. The van der Waals surface area contributed by atoms with Crippen molar-refractivity contribution in [3.8, 4) is 5.75 Å². The molecule has 3 aliphatic rings. The summed E-state index contributed by atoms with van der Waals surface area (Å²) in [5.41, 5.74) is 1.15. The Morgan fingerprint density at radius 3 is 2.23 bits per heavy atom. The molecule has 2 heterocycles. The molecule has 35 heavy (non-hydrogen) atoms. The van der Waals surface area contributed by atoms with Gasteiger partial charge in [-0.1, -0.05) is 48.6 Å². The highest BCUT2D eigenvalue weighted by atomic mass is 19.1. The summed E-state index contributed by atoms with van der Waals surface area (Å²) in [6.45, 7) is 1.48. The number of nitrogens with zero attached hydrogens (tertiary/aromatic N) is 1. The van der Waals surface area contributed by atoms with E-state index < -0.39 is 29.2 Å². The van der Waals surface area contributed by atoms with Crippen molar-refractivity contribution in [2.24, 2.45) is 5.41 Å². The molecule has 3 atom stereocenters. The Kier molecular flexibility index (Phi) is 4.58. The molecule has 5 nitrogen and oxygen atoms in total. The zero-order chi connectivity index (χ0) is 24.5. The van der Waals surface area contributed by atoms with Crippen molar-refractivity contribution in [2.75, 3.05) is 12.0 Å². The van der Waals surface area contributed by atoms with Gasteiger partial charge in [0.05, 0.1) is 19.2 Å². The number of hydrogen-bond donors (Lipinski definition) is 0. The molecule has 0 amide bonds. The van der Waals surface area contributed by atoms with Gasteiger partial charge >= 0.3 is 0 Å². The van der Waals surface area contributed by atoms with E-state index in [2.05, 4.69) is 0 Å². The zero-order valence-corrected chi connectivity index (χ0v) is 19.2. The molecular formula is C29H22FNO4. The minimum absolute atomic E-state index is 0.171. The van der Waals surface area contributed by atoms with E-state index >= 15 is 0 Å². The molecule has 2 aliphatic heterocycles. The number of carbonyl (C=O) groups is 3. The maximum absolute atomic E-state index is 14.2. The normalized spacial score (nSPS) is 23.3. The Labute approximate surface area is 201 Å². The summed E-state index contributed by atoms with van der Waals surface area (Å²) < 4.78 is 19.4. The predicted molar refractivity (Wildman–Crippen MR) is 129 cm³/mol. The van der Waals surface area contributed by atoms with Crippen LogP contribution in [0.2, 0.25) is 0 Å². The number of halogens is 1. The molecule has 0 saturated carbocycles.